The van der Waals surface area contributed by atoms with E-state index in [0.29, 0.717) is 18.4 Å². The molecule has 9 nitrogen and oxygen atoms in total. The number of carboxylic acids is 1. The van der Waals surface area contributed by atoms with Gasteiger partial charge in [0, 0.05) is 30.4 Å². The Balaban J connectivity index is 1.32. The third-order valence-electron chi connectivity index (χ3n) is 8.34. The minimum absolute atomic E-state index is 0.0472. The molecule has 4 aliphatic rings. The molecule has 5 rings (SSSR count). The first kappa shape index (κ1) is 26.2. The maximum absolute atomic E-state index is 14.1. The lowest BCUT2D eigenvalue weighted by atomic mass is 10.0. The van der Waals surface area contributed by atoms with Crippen LogP contribution in [0.25, 0.3) is 0 Å². The molecule has 0 spiro atoms. The Labute approximate surface area is 221 Å². The normalized spacial score (nSPS) is 32.3. The monoisotopic (exact) mass is 527 g/mol. The fourth-order valence-corrected chi connectivity index (χ4v) is 5.93. The molecule has 1 aromatic rings. The number of hydrogen-bond donors (Lipinski definition) is 2. The van der Waals surface area contributed by atoms with Crippen LogP contribution in [0.3, 0.4) is 0 Å². The third kappa shape index (κ3) is 5.00. The first-order chi connectivity index (χ1) is 18.2. The number of nitrogens with zero attached hydrogens (tertiary/aromatic N) is 2. The largest absolute Gasteiger partial charge is 0.479 e. The van der Waals surface area contributed by atoms with Gasteiger partial charge in [0.25, 0.3) is 0 Å². The molecule has 1 aromatic carbocycles. The molecule has 0 aromatic heterocycles. The van der Waals surface area contributed by atoms with E-state index in [0.717, 1.165) is 31.2 Å². The van der Waals surface area contributed by atoms with E-state index in [1.54, 1.807) is 12.1 Å². The summed E-state index contributed by atoms with van der Waals surface area (Å²) < 4.78 is 19.9. The standard InChI is InChI=1S/C28H34FN3O6/c1-17-8-5-3-2-4-6-10-19-13-28(19,26(35)36)30-24(33)23-12-20(15-32(23)25(17)34)38-27(37)31-14-18-9-7-11-22(29)21(18)16-31/h6-7,9-11,17,19-20,23H,2-5,8,12-16H2,1H3,(H,30,33)(H,35,36)/b10-6-/t17-,19+,20+,23-,28+/m0/s1. The minimum Gasteiger partial charge on any atom is -0.479 e. The molecular weight excluding hydrogens is 493 g/mol. The van der Waals surface area contributed by atoms with Crippen molar-refractivity contribution in [3.8, 4) is 0 Å². The average Bonchev–Trinajstić information content (AvgIpc) is 3.21. The van der Waals surface area contributed by atoms with Crippen molar-refractivity contribution in [2.45, 2.75) is 82.6 Å². The summed E-state index contributed by atoms with van der Waals surface area (Å²) in [7, 11) is 0. The summed E-state index contributed by atoms with van der Waals surface area (Å²) in [6.07, 6.45) is 7.13. The summed E-state index contributed by atoms with van der Waals surface area (Å²) in [5, 5.41) is 12.6. The number of aliphatic carboxylic acids is 1. The number of amides is 3. The van der Waals surface area contributed by atoms with Gasteiger partial charge in [0.05, 0.1) is 13.1 Å². The van der Waals surface area contributed by atoms with Crippen LogP contribution in [0, 0.1) is 17.7 Å². The van der Waals surface area contributed by atoms with Crippen molar-refractivity contribution in [3.63, 3.8) is 0 Å². The van der Waals surface area contributed by atoms with Gasteiger partial charge in [-0.15, -0.1) is 0 Å². The number of carbonyl (C=O) groups excluding carboxylic acids is 3. The fourth-order valence-electron chi connectivity index (χ4n) is 5.93. The van der Waals surface area contributed by atoms with Gasteiger partial charge >= 0.3 is 12.1 Å². The molecule has 3 amide bonds. The van der Waals surface area contributed by atoms with Crippen molar-refractivity contribution in [2.24, 2.45) is 11.8 Å². The maximum atomic E-state index is 14.1. The Hall–Kier alpha value is -3.43. The van der Waals surface area contributed by atoms with E-state index >= 15 is 0 Å². The lowest BCUT2D eigenvalue weighted by Crippen LogP contribution is -2.53. The van der Waals surface area contributed by atoms with Gasteiger partial charge in [-0.05, 0) is 37.3 Å². The topological polar surface area (TPSA) is 116 Å². The van der Waals surface area contributed by atoms with Crippen LogP contribution in [-0.4, -0.2) is 63.0 Å². The summed E-state index contributed by atoms with van der Waals surface area (Å²) in [4.78, 5) is 54.7. The van der Waals surface area contributed by atoms with Gasteiger partial charge < -0.3 is 20.1 Å². The number of rotatable bonds is 2. The van der Waals surface area contributed by atoms with Crippen LogP contribution >= 0.6 is 0 Å². The smallest absolute Gasteiger partial charge is 0.410 e. The summed E-state index contributed by atoms with van der Waals surface area (Å²) in [5.41, 5.74) is -0.204. The molecule has 2 fully saturated rings. The van der Waals surface area contributed by atoms with Crippen LogP contribution in [0.5, 0.6) is 0 Å². The quantitative estimate of drug-likeness (QED) is 0.570. The number of allylic oxidation sites excluding steroid dienone is 1. The van der Waals surface area contributed by atoms with Gasteiger partial charge in [-0.1, -0.05) is 44.1 Å². The second-order valence-corrected chi connectivity index (χ2v) is 11.0. The van der Waals surface area contributed by atoms with E-state index in [1.807, 2.05) is 19.1 Å². The maximum Gasteiger partial charge on any atom is 0.410 e. The summed E-state index contributed by atoms with van der Waals surface area (Å²) in [6.45, 7) is 2.19. The second kappa shape index (κ2) is 10.4. The Kier molecular flexibility index (Phi) is 7.15. The van der Waals surface area contributed by atoms with Crippen LogP contribution in [0.15, 0.2) is 30.4 Å². The van der Waals surface area contributed by atoms with E-state index in [4.69, 9.17) is 4.74 Å². The first-order valence-corrected chi connectivity index (χ1v) is 13.4. The van der Waals surface area contributed by atoms with E-state index in [9.17, 15) is 28.7 Å². The SMILES string of the molecule is C[C@H]1CCCCC/C=C\[C@@H]2C[C@@]2(C(=O)O)NC(=O)[C@@H]2C[C@@H](OC(=O)N3Cc4cccc(F)c4C3)CN2C1=O. The zero-order chi connectivity index (χ0) is 27.0. The van der Waals surface area contributed by atoms with Crippen molar-refractivity contribution in [1.82, 2.24) is 15.1 Å². The number of benzene rings is 1. The predicted molar refractivity (Wildman–Crippen MR) is 134 cm³/mol. The fraction of sp³-hybridized carbons (Fsp3) is 0.571. The summed E-state index contributed by atoms with van der Waals surface area (Å²) in [5.74, 6) is -2.85. The number of nitrogens with one attached hydrogen (secondary N) is 1. The Morgan fingerprint density at radius 2 is 2.00 bits per heavy atom. The molecule has 0 bridgehead atoms. The van der Waals surface area contributed by atoms with E-state index in [2.05, 4.69) is 5.32 Å². The molecular formula is C28H34FN3O6. The number of ether oxygens (including phenoxy) is 1. The highest BCUT2D eigenvalue weighted by Crippen LogP contribution is 2.45. The van der Waals surface area contributed by atoms with Crippen molar-refractivity contribution >= 4 is 23.9 Å². The highest BCUT2D eigenvalue weighted by Gasteiger charge is 2.61. The van der Waals surface area contributed by atoms with Crippen LogP contribution in [-0.2, 0) is 32.2 Å². The Morgan fingerprint density at radius 1 is 1.18 bits per heavy atom. The molecule has 3 heterocycles. The van der Waals surface area contributed by atoms with E-state index < -0.39 is 35.7 Å². The molecule has 0 unspecified atom stereocenters. The number of fused-ring (bicyclic) bond motifs is 3. The van der Waals surface area contributed by atoms with Crippen molar-refractivity contribution < 1.29 is 33.4 Å². The van der Waals surface area contributed by atoms with Crippen LogP contribution < -0.4 is 5.32 Å². The molecule has 38 heavy (non-hydrogen) atoms. The summed E-state index contributed by atoms with van der Waals surface area (Å²) in [6, 6.07) is 3.77. The Morgan fingerprint density at radius 3 is 2.76 bits per heavy atom. The number of carboxylic acid groups (broad SMARTS) is 1. The molecule has 1 saturated heterocycles. The lowest BCUT2D eigenvalue weighted by molar-refractivity contribution is -0.146. The minimum atomic E-state index is -1.38. The molecule has 1 aliphatic carbocycles. The van der Waals surface area contributed by atoms with Gasteiger partial charge in [0.1, 0.15) is 23.5 Å². The van der Waals surface area contributed by atoms with Gasteiger partial charge in [0.2, 0.25) is 11.8 Å². The van der Waals surface area contributed by atoms with Crippen molar-refractivity contribution in [2.75, 3.05) is 6.54 Å². The molecule has 3 aliphatic heterocycles. The molecule has 0 radical (unpaired) electrons. The van der Waals surface area contributed by atoms with Gasteiger partial charge in [-0.25, -0.2) is 14.0 Å². The Bertz CT molecular complexity index is 1170. The highest BCUT2D eigenvalue weighted by molar-refractivity contribution is 5.95. The van der Waals surface area contributed by atoms with Gasteiger partial charge in [-0.2, -0.15) is 0 Å². The van der Waals surface area contributed by atoms with E-state index in [-0.39, 0.29) is 49.6 Å². The van der Waals surface area contributed by atoms with Crippen LogP contribution in [0.4, 0.5) is 9.18 Å². The van der Waals surface area contributed by atoms with Gasteiger partial charge in [-0.3, -0.25) is 14.5 Å². The second-order valence-electron chi connectivity index (χ2n) is 11.0. The van der Waals surface area contributed by atoms with Crippen molar-refractivity contribution in [1.29, 1.82) is 0 Å². The first-order valence-electron chi connectivity index (χ1n) is 13.4. The number of carbonyl (C=O) groups is 4. The zero-order valence-corrected chi connectivity index (χ0v) is 21.5. The highest BCUT2D eigenvalue weighted by atomic mass is 19.1. The van der Waals surface area contributed by atoms with Crippen LogP contribution in [0.1, 0.15) is 63.0 Å². The molecule has 1 saturated carbocycles. The lowest BCUT2D eigenvalue weighted by Gasteiger charge is -2.27. The average molecular weight is 528 g/mol. The third-order valence-corrected chi connectivity index (χ3v) is 8.34. The zero-order valence-electron chi connectivity index (χ0n) is 21.5. The number of hydrogen-bond acceptors (Lipinski definition) is 5. The molecule has 10 heteroatoms. The van der Waals surface area contributed by atoms with E-state index in [1.165, 1.54) is 15.9 Å². The van der Waals surface area contributed by atoms with Gasteiger partial charge in [0.15, 0.2) is 0 Å². The molecule has 5 atom stereocenters. The summed E-state index contributed by atoms with van der Waals surface area (Å²) >= 11 is 0. The molecule has 2 N–H and O–H groups in total. The van der Waals surface area contributed by atoms with Crippen molar-refractivity contribution in [3.05, 3.63) is 47.3 Å². The van der Waals surface area contributed by atoms with Crippen LogP contribution in [0.2, 0.25) is 0 Å². The number of halogens is 1. The molecule has 204 valence electrons. The predicted octanol–water partition coefficient (Wildman–Crippen LogP) is 3.36.